The van der Waals surface area contributed by atoms with Crippen molar-refractivity contribution in [3.05, 3.63) is 41.7 Å². The third-order valence-electron chi connectivity index (χ3n) is 5.30. The van der Waals surface area contributed by atoms with Gasteiger partial charge in [0.25, 0.3) is 0 Å². The molecule has 1 fully saturated rings. The lowest BCUT2D eigenvalue weighted by atomic mass is 10.0. The molecule has 1 atom stereocenters. The predicted octanol–water partition coefficient (Wildman–Crippen LogP) is 2.65. The number of hydrogen-bond acceptors (Lipinski definition) is 7. The van der Waals surface area contributed by atoms with Crippen LogP contribution >= 0.6 is 0 Å². The highest BCUT2D eigenvalue weighted by molar-refractivity contribution is 7.92. The van der Waals surface area contributed by atoms with Gasteiger partial charge >= 0.3 is 0 Å². The Bertz CT molecular complexity index is 953. The molecule has 0 N–H and O–H groups in total. The second-order valence-electron chi connectivity index (χ2n) is 7.68. The van der Waals surface area contributed by atoms with Gasteiger partial charge in [-0.1, -0.05) is 12.1 Å². The topological polar surface area (TPSA) is 70.9 Å². The van der Waals surface area contributed by atoms with E-state index in [1.165, 1.54) is 11.1 Å². The molecule has 3 heterocycles. The summed E-state index contributed by atoms with van der Waals surface area (Å²) in [6, 6.07) is 6.98. The van der Waals surface area contributed by atoms with Gasteiger partial charge in [-0.05, 0) is 24.1 Å². The molecular weight excluding hydrogens is 374 g/mol. The summed E-state index contributed by atoms with van der Waals surface area (Å²) in [5.74, 6) is 1.75. The maximum atomic E-state index is 11.8. The molecule has 1 aromatic carbocycles. The second-order valence-corrected chi connectivity index (χ2v) is 10.2. The Kier molecular flexibility index (Phi) is 5.25. The van der Waals surface area contributed by atoms with Crippen molar-refractivity contribution in [2.24, 2.45) is 4.36 Å². The Balaban J connectivity index is 1.38. The average Bonchev–Trinajstić information content (AvgIpc) is 3.15. The zero-order valence-corrected chi connectivity index (χ0v) is 17.5. The number of anilines is 1. The quantitative estimate of drug-likeness (QED) is 0.784. The monoisotopic (exact) mass is 401 g/mol. The first-order valence-corrected chi connectivity index (χ1v) is 12.0. The SMILES string of the molecule is CC(c1ccc2c(c1)OCC2)N1CCN(c2ncc(N=S(C)(C)=O)cn2)CC1. The fraction of sp³-hybridized carbons (Fsp3) is 0.500. The number of fused-ring (bicyclic) bond motifs is 1. The van der Waals surface area contributed by atoms with E-state index in [0.717, 1.165) is 45.0 Å². The first kappa shape index (κ1) is 19.1. The molecule has 7 nitrogen and oxygen atoms in total. The molecular formula is C20H27N5O2S. The van der Waals surface area contributed by atoms with E-state index in [1.54, 1.807) is 24.9 Å². The van der Waals surface area contributed by atoms with Crippen LogP contribution in [-0.4, -0.2) is 64.4 Å². The molecule has 150 valence electrons. The minimum absolute atomic E-state index is 0.348. The van der Waals surface area contributed by atoms with Crippen LogP contribution in [0.15, 0.2) is 35.0 Å². The Morgan fingerprint density at radius 3 is 2.54 bits per heavy atom. The molecule has 2 aliphatic rings. The number of benzene rings is 1. The van der Waals surface area contributed by atoms with E-state index >= 15 is 0 Å². The molecule has 8 heteroatoms. The molecule has 1 unspecified atom stereocenters. The number of nitrogens with zero attached hydrogens (tertiary/aromatic N) is 5. The van der Waals surface area contributed by atoms with Gasteiger partial charge in [0.05, 0.1) is 19.0 Å². The van der Waals surface area contributed by atoms with Crippen molar-refractivity contribution in [1.29, 1.82) is 0 Å². The number of piperazine rings is 1. The van der Waals surface area contributed by atoms with E-state index in [9.17, 15) is 4.21 Å². The summed E-state index contributed by atoms with van der Waals surface area (Å²) >= 11 is 0. The van der Waals surface area contributed by atoms with Crippen LogP contribution in [0.5, 0.6) is 5.75 Å². The highest BCUT2D eigenvalue weighted by atomic mass is 32.2. The Morgan fingerprint density at radius 1 is 1.14 bits per heavy atom. The number of aromatic nitrogens is 2. The van der Waals surface area contributed by atoms with Crippen molar-refractivity contribution >= 4 is 21.4 Å². The standard InChI is InChI=1S/C20H27N5O2S/c1-15(17-5-4-16-6-11-27-19(16)12-17)24-7-9-25(10-8-24)20-21-13-18(14-22-20)23-28(2,3)26/h4-5,12-15H,6-11H2,1-3H3. The fourth-order valence-electron chi connectivity index (χ4n) is 3.74. The van der Waals surface area contributed by atoms with Gasteiger partial charge in [0, 0.05) is 60.9 Å². The normalized spacial score (nSPS) is 18.5. The third-order valence-corrected chi connectivity index (χ3v) is 5.95. The summed E-state index contributed by atoms with van der Waals surface area (Å²) in [4.78, 5) is 13.5. The van der Waals surface area contributed by atoms with Gasteiger partial charge in [-0.3, -0.25) is 4.90 Å². The highest BCUT2D eigenvalue weighted by Crippen LogP contribution is 2.31. The van der Waals surface area contributed by atoms with Crippen LogP contribution < -0.4 is 9.64 Å². The average molecular weight is 402 g/mol. The van der Waals surface area contributed by atoms with Crippen molar-refractivity contribution in [3.8, 4) is 5.75 Å². The van der Waals surface area contributed by atoms with E-state index < -0.39 is 9.73 Å². The largest absolute Gasteiger partial charge is 0.493 e. The van der Waals surface area contributed by atoms with E-state index in [-0.39, 0.29) is 0 Å². The summed E-state index contributed by atoms with van der Waals surface area (Å²) in [6.07, 6.45) is 7.52. The molecule has 0 radical (unpaired) electrons. The molecule has 0 spiro atoms. The van der Waals surface area contributed by atoms with Crippen molar-refractivity contribution in [2.75, 3.05) is 50.2 Å². The van der Waals surface area contributed by atoms with Crippen LogP contribution in [0.2, 0.25) is 0 Å². The van der Waals surface area contributed by atoms with E-state index in [1.807, 2.05) is 0 Å². The van der Waals surface area contributed by atoms with Crippen LogP contribution in [0.1, 0.15) is 24.1 Å². The number of hydrogen-bond donors (Lipinski definition) is 0. The molecule has 2 aromatic rings. The zero-order valence-electron chi connectivity index (χ0n) is 16.7. The Labute approximate surface area is 166 Å². The maximum Gasteiger partial charge on any atom is 0.225 e. The first-order valence-electron chi connectivity index (χ1n) is 9.63. The summed E-state index contributed by atoms with van der Waals surface area (Å²) in [7, 11) is -2.20. The van der Waals surface area contributed by atoms with Crippen LogP contribution in [0.3, 0.4) is 0 Å². The van der Waals surface area contributed by atoms with Crippen molar-refractivity contribution in [1.82, 2.24) is 14.9 Å². The van der Waals surface area contributed by atoms with E-state index in [0.29, 0.717) is 17.7 Å². The molecule has 1 saturated heterocycles. The summed E-state index contributed by atoms with van der Waals surface area (Å²) < 4.78 is 21.6. The molecule has 0 bridgehead atoms. The highest BCUT2D eigenvalue weighted by Gasteiger charge is 2.24. The smallest absolute Gasteiger partial charge is 0.225 e. The summed E-state index contributed by atoms with van der Waals surface area (Å²) in [5, 5.41) is 0. The molecule has 2 aliphatic heterocycles. The molecule has 0 amide bonds. The van der Waals surface area contributed by atoms with Gasteiger partial charge in [0.1, 0.15) is 11.4 Å². The van der Waals surface area contributed by atoms with E-state index in [4.69, 9.17) is 4.74 Å². The lowest BCUT2D eigenvalue weighted by molar-refractivity contribution is 0.197. The Morgan fingerprint density at radius 2 is 1.86 bits per heavy atom. The lowest BCUT2D eigenvalue weighted by Gasteiger charge is -2.38. The third kappa shape index (κ3) is 4.28. The lowest BCUT2D eigenvalue weighted by Crippen LogP contribution is -2.47. The summed E-state index contributed by atoms with van der Waals surface area (Å²) in [5.41, 5.74) is 3.18. The van der Waals surface area contributed by atoms with Crippen LogP contribution in [0, 0.1) is 0 Å². The second kappa shape index (κ2) is 7.67. The van der Waals surface area contributed by atoms with Gasteiger partial charge in [-0.15, -0.1) is 0 Å². The zero-order chi connectivity index (χ0) is 19.7. The van der Waals surface area contributed by atoms with Gasteiger partial charge < -0.3 is 9.64 Å². The number of rotatable bonds is 4. The van der Waals surface area contributed by atoms with Crippen LogP contribution in [-0.2, 0) is 16.1 Å². The maximum absolute atomic E-state index is 11.8. The van der Waals surface area contributed by atoms with Gasteiger partial charge in [0.15, 0.2) is 0 Å². The van der Waals surface area contributed by atoms with Crippen molar-refractivity contribution in [3.63, 3.8) is 0 Å². The summed E-state index contributed by atoms with van der Waals surface area (Å²) in [6.45, 7) is 6.71. The molecule has 1 aromatic heterocycles. The molecule has 0 saturated carbocycles. The van der Waals surface area contributed by atoms with Gasteiger partial charge in [-0.2, -0.15) is 4.36 Å². The minimum Gasteiger partial charge on any atom is -0.493 e. The Hall–Kier alpha value is -2.19. The van der Waals surface area contributed by atoms with Gasteiger partial charge in [-0.25, -0.2) is 14.2 Å². The molecule has 28 heavy (non-hydrogen) atoms. The minimum atomic E-state index is -2.20. The molecule has 0 aliphatic carbocycles. The van der Waals surface area contributed by atoms with Gasteiger partial charge in [0.2, 0.25) is 5.95 Å². The van der Waals surface area contributed by atoms with E-state index in [2.05, 4.69) is 49.3 Å². The van der Waals surface area contributed by atoms with Crippen molar-refractivity contribution < 1.29 is 8.95 Å². The van der Waals surface area contributed by atoms with Crippen LogP contribution in [0.4, 0.5) is 11.6 Å². The number of ether oxygens (including phenoxy) is 1. The molecule has 4 rings (SSSR count). The first-order chi connectivity index (χ1) is 13.4. The van der Waals surface area contributed by atoms with Crippen molar-refractivity contribution in [2.45, 2.75) is 19.4 Å². The fourth-order valence-corrected chi connectivity index (χ4v) is 4.34. The predicted molar refractivity (Wildman–Crippen MR) is 112 cm³/mol. The van der Waals surface area contributed by atoms with Crippen LogP contribution in [0.25, 0.3) is 0 Å².